The van der Waals surface area contributed by atoms with E-state index in [0.717, 1.165) is 0 Å². The van der Waals surface area contributed by atoms with Crippen molar-refractivity contribution in [3.05, 3.63) is 0 Å². The molecule has 0 aliphatic heterocycles. The molecule has 0 fully saturated rings. The van der Waals surface area contributed by atoms with Crippen LogP contribution in [0, 0.1) is 0 Å². The first kappa shape index (κ1) is 15.6. The van der Waals surface area contributed by atoms with Crippen LogP contribution in [0.3, 0.4) is 0 Å². The van der Waals surface area contributed by atoms with Crippen LogP contribution in [0.5, 0.6) is 0 Å². The molecule has 0 aromatic heterocycles. The second kappa shape index (κ2) is 7.05. The van der Waals surface area contributed by atoms with Gasteiger partial charge in [-0.3, -0.25) is 4.57 Å². The lowest BCUT2D eigenvalue weighted by molar-refractivity contribution is 0.145. The zero-order valence-electron chi connectivity index (χ0n) is 11.0. The zero-order valence-corrected chi connectivity index (χ0v) is 11.9. The highest BCUT2D eigenvalue weighted by Crippen LogP contribution is 2.50. The van der Waals surface area contributed by atoms with Crippen LogP contribution in [-0.4, -0.2) is 31.1 Å². The standard InChI is InChI=1S/C10H23N2O3P/c1-8(2)14-16(13,15-9(3)4)7-10(5)12-11-6/h8-9,11H,7H2,1-6H3/b12-10+. The molecule has 0 rings (SSSR count). The first-order chi connectivity index (χ1) is 7.29. The van der Waals surface area contributed by atoms with Gasteiger partial charge in [-0.1, -0.05) is 0 Å². The molecule has 0 aromatic carbocycles. The maximum atomic E-state index is 12.4. The van der Waals surface area contributed by atoms with Gasteiger partial charge >= 0.3 is 7.60 Å². The summed E-state index contributed by atoms with van der Waals surface area (Å²) in [5, 5.41) is 3.96. The van der Waals surface area contributed by atoms with E-state index in [2.05, 4.69) is 10.5 Å². The Balaban J connectivity index is 4.66. The third-order valence-corrected chi connectivity index (χ3v) is 3.80. The normalized spacial score (nSPS) is 13.6. The topological polar surface area (TPSA) is 59.9 Å². The summed E-state index contributed by atoms with van der Waals surface area (Å²) < 4.78 is 23.1. The van der Waals surface area contributed by atoms with Gasteiger partial charge in [0.05, 0.1) is 18.4 Å². The fraction of sp³-hybridized carbons (Fsp3) is 0.900. The molecule has 0 amide bonds. The summed E-state index contributed by atoms with van der Waals surface area (Å²) >= 11 is 0. The van der Waals surface area contributed by atoms with Gasteiger partial charge in [0.1, 0.15) is 0 Å². The Morgan fingerprint density at radius 3 is 2.00 bits per heavy atom. The quantitative estimate of drug-likeness (QED) is 0.428. The lowest BCUT2D eigenvalue weighted by atomic mass is 10.5. The van der Waals surface area contributed by atoms with Crippen molar-refractivity contribution in [2.45, 2.75) is 46.8 Å². The van der Waals surface area contributed by atoms with Gasteiger partial charge in [-0.25, -0.2) is 0 Å². The van der Waals surface area contributed by atoms with Crippen molar-refractivity contribution < 1.29 is 13.6 Å². The first-order valence-corrected chi connectivity index (χ1v) is 7.17. The SMILES string of the molecule is CN/N=C(\C)CP(=O)(OC(C)C)OC(C)C. The molecule has 0 saturated heterocycles. The lowest BCUT2D eigenvalue weighted by Gasteiger charge is -2.22. The largest absolute Gasteiger partial charge is 0.336 e. The molecule has 0 unspecified atom stereocenters. The molecule has 0 aromatic rings. The van der Waals surface area contributed by atoms with Gasteiger partial charge in [-0.15, -0.1) is 0 Å². The van der Waals surface area contributed by atoms with E-state index in [1.165, 1.54) is 0 Å². The predicted octanol–water partition coefficient (Wildman–Crippen LogP) is 2.62. The minimum atomic E-state index is -3.09. The third-order valence-electron chi connectivity index (χ3n) is 1.47. The minimum Gasteiger partial charge on any atom is -0.313 e. The number of nitrogens with zero attached hydrogens (tertiary/aromatic N) is 1. The molecule has 0 atom stereocenters. The van der Waals surface area contributed by atoms with Gasteiger partial charge in [0.2, 0.25) is 0 Å². The number of hydrogen-bond acceptors (Lipinski definition) is 5. The molecule has 0 saturated carbocycles. The summed E-state index contributed by atoms with van der Waals surface area (Å²) in [5.74, 6) is 0. The summed E-state index contributed by atoms with van der Waals surface area (Å²) in [6.45, 7) is 9.13. The van der Waals surface area contributed by atoms with Crippen LogP contribution in [0.1, 0.15) is 34.6 Å². The summed E-state index contributed by atoms with van der Waals surface area (Å²) in [6.07, 6.45) is -0.0524. The first-order valence-electron chi connectivity index (χ1n) is 5.45. The van der Waals surface area contributed by atoms with E-state index in [-0.39, 0.29) is 18.4 Å². The van der Waals surface area contributed by atoms with E-state index in [4.69, 9.17) is 9.05 Å². The third kappa shape index (κ3) is 6.99. The highest BCUT2D eigenvalue weighted by Gasteiger charge is 2.28. The lowest BCUT2D eigenvalue weighted by Crippen LogP contribution is -2.15. The average molecular weight is 250 g/mol. The zero-order chi connectivity index (χ0) is 12.8. The average Bonchev–Trinajstić information content (AvgIpc) is 1.98. The highest BCUT2D eigenvalue weighted by molar-refractivity contribution is 7.54. The van der Waals surface area contributed by atoms with Crippen LogP contribution in [-0.2, 0) is 13.6 Å². The van der Waals surface area contributed by atoms with Crippen LogP contribution < -0.4 is 5.43 Å². The molecule has 0 radical (unpaired) electrons. The molecule has 0 aliphatic rings. The van der Waals surface area contributed by atoms with Gasteiger partial charge in [-0.05, 0) is 34.6 Å². The monoisotopic (exact) mass is 250 g/mol. The van der Waals surface area contributed by atoms with Crippen LogP contribution in [0.4, 0.5) is 0 Å². The van der Waals surface area contributed by atoms with Crippen molar-refractivity contribution in [2.75, 3.05) is 13.2 Å². The molecular weight excluding hydrogens is 227 g/mol. The highest BCUT2D eigenvalue weighted by atomic mass is 31.2. The van der Waals surface area contributed by atoms with Gasteiger partial charge in [-0.2, -0.15) is 5.10 Å². The van der Waals surface area contributed by atoms with Crippen LogP contribution in [0.2, 0.25) is 0 Å². The Labute approximate surface area is 98.1 Å². The Kier molecular flexibility index (Phi) is 6.88. The Hall–Kier alpha value is -0.380. The van der Waals surface area contributed by atoms with E-state index in [0.29, 0.717) is 5.71 Å². The molecule has 16 heavy (non-hydrogen) atoms. The van der Waals surface area contributed by atoms with Crippen molar-refractivity contribution in [1.29, 1.82) is 0 Å². The Bertz CT molecular complexity index is 263. The molecule has 1 N–H and O–H groups in total. The van der Waals surface area contributed by atoms with E-state index in [9.17, 15) is 4.57 Å². The van der Waals surface area contributed by atoms with Crippen LogP contribution >= 0.6 is 7.60 Å². The second-order valence-corrected chi connectivity index (χ2v) is 6.11. The number of rotatable bonds is 7. The fourth-order valence-corrected chi connectivity index (χ4v) is 3.36. The van der Waals surface area contributed by atoms with E-state index >= 15 is 0 Å². The van der Waals surface area contributed by atoms with Crippen LogP contribution in [0.25, 0.3) is 0 Å². The van der Waals surface area contributed by atoms with E-state index in [1.54, 1.807) is 14.0 Å². The Morgan fingerprint density at radius 2 is 1.69 bits per heavy atom. The number of nitrogens with one attached hydrogen (secondary N) is 1. The molecule has 6 heteroatoms. The van der Waals surface area contributed by atoms with Gasteiger partial charge < -0.3 is 14.5 Å². The van der Waals surface area contributed by atoms with Crippen molar-refractivity contribution in [3.63, 3.8) is 0 Å². The number of hydrazone groups is 1. The molecule has 0 heterocycles. The molecule has 0 aliphatic carbocycles. The molecule has 0 spiro atoms. The van der Waals surface area contributed by atoms with E-state index in [1.807, 2.05) is 27.7 Å². The summed E-state index contributed by atoms with van der Waals surface area (Å²) in [4.78, 5) is 0. The van der Waals surface area contributed by atoms with Crippen molar-refractivity contribution in [2.24, 2.45) is 5.10 Å². The van der Waals surface area contributed by atoms with Gasteiger partial charge in [0.25, 0.3) is 0 Å². The smallest absolute Gasteiger partial charge is 0.313 e. The summed E-state index contributed by atoms with van der Waals surface area (Å²) in [7, 11) is -1.39. The summed E-state index contributed by atoms with van der Waals surface area (Å²) in [6, 6.07) is 0. The van der Waals surface area contributed by atoms with Crippen molar-refractivity contribution in [1.82, 2.24) is 5.43 Å². The maximum Gasteiger partial charge on any atom is 0.336 e. The molecule has 0 bridgehead atoms. The molecule has 96 valence electrons. The molecule has 5 nitrogen and oxygen atoms in total. The second-order valence-electron chi connectivity index (χ2n) is 4.15. The number of hydrogen-bond donors (Lipinski definition) is 1. The van der Waals surface area contributed by atoms with Gasteiger partial charge in [0.15, 0.2) is 0 Å². The van der Waals surface area contributed by atoms with Crippen molar-refractivity contribution >= 4 is 13.3 Å². The van der Waals surface area contributed by atoms with Gasteiger partial charge in [0, 0.05) is 12.8 Å². The molecular formula is C10H23N2O3P. The predicted molar refractivity (Wildman–Crippen MR) is 67.1 cm³/mol. The van der Waals surface area contributed by atoms with Crippen LogP contribution in [0.15, 0.2) is 5.10 Å². The summed E-state index contributed by atoms with van der Waals surface area (Å²) in [5.41, 5.74) is 3.35. The maximum absolute atomic E-state index is 12.4. The van der Waals surface area contributed by atoms with E-state index < -0.39 is 7.60 Å². The Morgan fingerprint density at radius 1 is 1.25 bits per heavy atom. The fourth-order valence-electron chi connectivity index (χ4n) is 1.25. The van der Waals surface area contributed by atoms with Crippen molar-refractivity contribution in [3.8, 4) is 0 Å². The minimum absolute atomic E-state index is 0.132.